The van der Waals surface area contributed by atoms with Crippen molar-refractivity contribution in [2.45, 2.75) is 25.8 Å². The van der Waals surface area contributed by atoms with Crippen LogP contribution in [0.4, 0.5) is 0 Å². The van der Waals surface area contributed by atoms with E-state index < -0.39 is 5.97 Å². The summed E-state index contributed by atoms with van der Waals surface area (Å²) in [7, 11) is 0. The smallest absolute Gasteiger partial charge is 0.339 e. The van der Waals surface area contributed by atoms with Crippen molar-refractivity contribution in [2.75, 3.05) is 13.1 Å². The highest BCUT2D eigenvalue weighted by Gasteiger charge is 2.28. The second-order valence-electron chi connectivity index (χ2n) is 6.86. The van der Waals surface area contributed by atoms with Crippen molar-refractivity contribution in [2.24, 2.45) is 0 Å². The van der Waals surface area contributed by atoms with Crippen molar-refractivity contribution >= 4 is 11.9 Å². The number of benzene rings is 1. The molecule has 0 aliphatic carbocycles. The molecule has 0 bridgehead atoms. The van der Waals surface area contributed by atoms with Crippen molar-refractivity contribution < 1.29 is 19.2 Å². The molecule has 8 heteroatoms. The van der Waals surface area contributed by atoms with Gasteiger partial charge in [-0.2, -0.15) is 5.10 Å². The van der Waals surface area contributed by atoms with Gasteiger partial charge in [-0.15, -0.1) is 0 Å². The maximum absolute atomic E-state index is 12.8. The molecular formula is C20H20N4O4. The summed E-state index contributed by atoms with van der Waals surface area (Å²) in [6, 6.07) is 11.3. The standard InChI is InChI=1S/C20H20N4O4/c1-13-16(20(26)27)12-21-24(13)15-7-9-23(10-8-15)19(25)17-11-18(28-22-17)14-5-3-2-4-6-14/h2-6,11-12,15H,7-10H2,1H3,(H,26,27). The van der Waals surface area contributed by atoms with Gasteiger partial charge in [0.2, 0.25) is 0 Å². The number of hydrogen-bond acceptors (Lipinski definition) is 5. The van der Waals surface area contributed by atoms with Crippen molar-refractivity contribution in [1.82, 2.24) is 19.8 Å². The number of carboxylic acids is 1. The molecule has 0 atom stereocenters. The number of amides is 1. The first kappa shape index (κ1) is 18.0. The van der Waals surface area contributed by atoms with Crippen molar-refractivity contribution in [1.29, 1.82) is 0 Å². The van der Waals surface area contributed by atoms with E-state index in [2.05, 4.69) is 10.3 Å². The molecule has 28 heavy (non-hydrogen) atoms. The highest BCUT2D eigenvalue weighted by Crippen LogP contribution is 2.26. The molecule has 4 rings (SSSR count). The minimum absolute atomic E-state index is 0.0781. The molecule has 1 aliphatic rings. The van der Waals surface area contributed by atoms with Gasteiger partial charge >= 0.3 is 5.97 Å². The van der Waals surface area contributed by atoms with Crippen molar-refractivity contribution in [3.05, 3.63) is 59.5 Å². The van der Waals surface area contributed by atoms with Crippen LogP contribution in [0.2, 0.25) is 0 Å². The number of carboxylic acid groups (broad SMARTS) is 1. The first-order chi connectivity index (χ1) is 13.5. The fourth-order valence-corrected chi connectivity index (χ4v) is 3.59. The Labute approximate surface area is 161 Å². The highest BCUT2D eigenvalue weighted by atomic mass is 16.5. The summed E-state index contributed by atoms with van der Waals surface area (Å²) in [5.41, 5.74) is 2.02. The summed E-state index contributed by atoms with van der Waals surface area (Å²) >= 11 is 0. The molecule has 144 valence electrons. The molecule has 3 heterocycles. The lowest BCUT2D eigenvalue weighted by Gasteiger charge is -2.32. The lowest BCUT2D eigenvalue weighted by Crippen LogP contribution is -2.39. The summed E-state index contributed by atoms with van der Waals surface area (Å²) in [6.07, 6.45) is 2.79. The highest BCUT2D eigenvalue weighted by molar-refractivity contribution is 5.93. The molecule has 1 N–H and O–H groups in total. The largest absolute Gasteiger partial charge is 0.478 e. The summed E-state index contributed by atoms with van der Waals surface area (Å²) in [6.45, 7) is 2.87. The second-order valence-corrected chi connectivity index (χ2v) is 6.86. The summed E-state index contributed by atoms with van der Waals surface area (Å²) < 4.78 is 7.09. The quantitative estimate of drug-likeness (QED) is 0.746. The minimum Gasteiger partial charge on any atom is -0.478 e. The van der Waals surface area contributed by atoms with Gasteiger partial charge in [0, 0.05) is 24.7 Å². The van der Waals surface area contributed by atoms with E-state index in [0.29, 0.717) is 43.1 Å². The lowest BCUT2D eigenvalue weighted by atomic mass is 10.0. The average Bonchev–Trinajstić information content (AvgIpc) is 3.35. The van der Waals surface area contributed by atoms with Crippen LogP contribution in [0.15, 0.2) is 47.1 Å². The number of carbonyl (C=O) groups is 2. The van der Waals surface area contributed by atoms with Gasteiger partial charge in [0.05, 0.1) is 17.9 Å². The Kier molecular flexibility index (Phi) is 4.68. The maximum Gasteiger partial charge on any atom is 0.339 e. The summed E-state index contributed by atoms with van der Waals surface area (Å²) in [5.74, 6) is -0.573. The SMILES string of the molecule is Cc1c(C(=O)O)cnn1C1CCN(C(=O)c2cc(-c3ccccc3)on2)CC1. The zero-order valence-corrected chi connectivity index (χ0v) is 15.4. The zero-order valence-electron chi connectivity index (χ0n) is 15.4. The number of hydrogen-bond donors (Lipinski definition) is 1. The zero-order chi connectivity index (χ0) is 19.7. The van der Waals surface area contributed by atoms with E-state index in [1.54, 1.807) is 22.6 Å². The van der Waals surface area contributed by atoms with Gasteiger partial charge in [-0.05, 0) is 19.8 Å². The Morgan fingerprint density at radius 3 is 2.54 bits per heavy atom. The molecule has 0 unspecified atom stereocenters. The second kappa shape index (κ2) is 7.30. The van der Waals surface area contributed by atoms with Crippen LogP contribution in [0.25, 0.3) is 11.3 Å². The van der Waals surface area contributed by atoms with Gasteiger partial charge in [0.15, 0.2) is 11.5 Å². The molecule has 0 radical (unpaired) electrons. The van der Waals surface area contributed by atoms with E-state index in [4.69, 9.17) is 4.52 Å². The third kappa shape index (κ3) is 3.28. The fraction of sp³-hybridized carbons (Fsp3) is 0.300. The normalized spacial score (nSPS) is 15.0. The van der Waals surface area contributed by atoms with Crippen LogP contribution in [0.1, 0.15) is 45.4 Å². The Hall–Kier alpha value is -3.42. The van der Waals surface area contributed by atoms with Crippen LogP contribution >= 0.6 is 0 Å². The van der Waals surface area contributed by atoms with Crippen LogP contribution in [0.3, 0.4) is 0 Å². The van der Waals surface area contributed by atoms with E-state index in [0.717, 1.165) is 5.56 Å². The van der Waals surface area contributed by atoms with E-state index in [1.165, 1.54) is 6.20 Å². The first-order valence-corrected chi connectivity index (χ1v) is 9.13. The van der Waals surface area contributed by atoms with Crippen molar-refractivity contribution in [3.8, 4) is 11.3 Å². The molecule has 3 aromatic rings. The van der Waals surface area contributed by atoms with Gasteiger partial charge in [-0.25, -0.2) is 4.79 Å². The van der Waals surface area contributed by atoms with E-state index in [1.807, 2.05) is 30.3 Å². The average molecular weight is 380 g/mol. The molecule has 1 saturated heterocycles. The number of carbonyl (C=O) groups excluding carboxylic acids is 1. The van der Waals surface area contributed by atoms with Crippen LogP contribution in [-0.2, 0) is 0 Å². The number of likely N-dealkylation sites (tertiary alicyclic amines) is 1. The molecule has 2 aromatic heterocycles. The van der Waals surface area contributed by atoms with Gasteiger partial charge in [0.25, 0.3) is 5.91 Å². The van der Waals surface area contributed by atoms with Crippen LogP contribution < -0.4 is 0 Å². The molecule has 1 aromatic carbocycles. The topological polar surface area (TPSA) is 101 Å². The maximum atomic E-state index is 12.8. The molecule has 1 amide bonds. The predicted molar refractivity (Wildman–Crippen MR) is 100 cm³/mol. The van der Waals surface area contributed by atoms with Crippen LogP contribution in [-0.4, -0.2) is 49.9 Å². The Morgan fingerprint density at radius 2 is 1.89 bits per heavy atom. The third-order valence-corrected chi connectivity index (χ3v) is 5.16. The first-order valence-electron chi connectivity index (χ1n) is 9.13. The Bertz CT molecular complexity index is 1000. The number of nitrogens with zero attached hydrogens (tertiary/aromatic N) is 4. The van der Waals surface area contributed by atoms with Crippen LogP contribution in [0, 0.1) is 6.92 Å². The molecule has 8 nitrogen and oxygen atoms in total. The van der Waals surface area contributed by atoms with E-state index >= 15 is 0 Å². The minimum atomic E-state index is -0.975. The molecular weight excluding hydrogens is 360 g/mol. The molecule has 0 spiro atoms. The third-order valence-electron chi connectivity index (χ3n) is 5.16. The van der Waals surface area contributed by atoms with Crippen LogP contribution in [0.5, 0.6) is 0 Å². The van der Waals surface area contributed by atoms with E-state index in [-0.39, 0.29) is 17.5 Å². The predicted octanol–water partition coefficient (Wildman–Crippen LogP) is 3.02. The number of aromatic carboxylic acids is 1. The van der Waals surface area contributed by atoms with Gasteiger partial charge in [-0.1, -0.05) is 35.5 Å². The van der Waals surface area contributed by atoms with Gasteiger partial charge < -0.3 is 14.5 Å². The monoisotopic (exact) mass is 380 g/mol. The summed E-state index contributed by atoms with van der Waals surface area (Å²) in [5, 5.41) is 17.3. The molecule has 0 saturated carbocycles. The Balaban J connectivity index is 1.42. The fourth-order valence-electron chi connectivity index (χ4n) is 3.59. The van der Waals surface area contributed by atoms with Gasteiger partial charge in [-0.3, -0.25) is 9.48 Å². The molecule has 1 aliphatic heterocycles. The number of rotatable bonds is 4. The lowest BCUT2D eigenvalue weighted by molar-refractivity contribution is 0.0678. The Morgan fingerprint density at radius 1 is 1.18 bits per heavy atom. The van der Waals surface area contributed by atoms with Crippen molar-refractivity contribution in [3.63, 3.8) is 0 Å². The van der Waals surface area contributed by atoms with Gasteiger partial charge in [0.1, 0.15) is 5.56 Å². The molecule has 1 fully saturated rings. The number of aromatic nitrogens is 3. The summed E-state index contributed by atoms with van der Waals surface area (Å²) in [4.78, 5) is 25.7. The van der Waals surface area contributed by atoms with E-state index in [9.17, 15) is 14.7 Å². The number of piperidine rings is 1.